The molecule has 1 fully saturated rings. The van der Waals surface area contributed by atoms with Gasteiger partial charge in [0, 0.05) is 24.3 Å². The summed E-state index contributed by atoms with van der Waals surface area (Å²) in [5.74, 6) is -0.526. The lowest BCUT2D eigenvalue weighted by Crippen LogP contribution is -2.49. The standard InChI is InChI=1S/C24H24N2O6S/c1-31-23(27)19-7-5-18(6-8-19)16-26(24(28)25-10-13-33(29,30)14-11-25)22-4-2-3-20(15-22)21-9-12-32-17-21/h2-9,12,15,17H,10-11,13-14,16H2,1H3. The number of rotatable bonds is 5. The third-order valence-corrected chi connectivity index (χ3v) is 7.18. The van der Waals surface area contributed by atoms with E-state index >= 15 is 0 Å². The molecule has 0 N–H and O–H groups in total. The summed E-state index contributed by atoms with van der Waals surface area (Å²) in [6.45, 7) is 0.555. The molecule has 0 saturated carbocycles. The van der Waals surface area contributed by atoms with Crippen molar-refractivity contribution in [3.63, 3.8) is 0 Å². The number of nitrogens with zero attached hydrogens (tertiary/aromatic N) is 2. The number of urea groups is 1. The topological polar surface area (TPSA) is 97.1 Å². The number of anilines is 1. The Kier molecular flexibility index (Phi) is 6.50. The minimum Gasteiger partial charge on any atom is -0.472 e. The Morgan fingerprint density at radius 3 is 2.39 bits per heavy atom. The SMILES string of the molecule is COC(=O)c1ccc(CN(C(=O)N2CCS(=O)(=O)CC2)c2cccc(-c3ccoc3)c2)cc1. The van der Waals surface area contributed by atoms with E-state index in [1.807, 2.05) is 30.3 Å². The van der Waals surface area contributed by atoms with Crippen LogP contribution >= 0.6 is 0 Å². The van der Waals surface area contributed by atoms with Gasteiger partial charge in [0.25, 0.3) is 0 Å². The number of carbonyl (C=O) groups is 2. The molecular formula is C24H24N2O6S. The zero-order valence-electron chi connectivity index (χ0n) is 18.1. The number of benzene rings is 2. The van der Waals surface area contributed by atoms with E-state index in [0.717, 1.165) is 16.7 Å². The Hall–Kier alpha value is -3.59. The van der Waals surface area contributed by atoms with Gasteiger partial charge in [-0.25, -0.2) is 18.0 Å². The zero-order valence-corrected chi connectivity index (χ0v) is 19.0. The van der Waals surface area contributed by atoms with Crippen molar-refractivity contribution in [3.05, 3.63) is 78.3 Å². The van der Waals surface area contributed by atoms with Crippen LogP contribution in [0.15, 0.2) is 71.5 Å². The average molecular weight is 469 g/mol. The fourth-order valence-corrected chi connectivity index (χ4v) is 4.87. The maximum atomic E-state index is 13.5. The number of furan rings is 1. The van der Waals surface area contributed by atoms with Crippen molar-refractivity contribution in [2.75, 3.05) is 36.6 Å². The van der Waals surface area contributed by atoms with E-state index in [1.54, 1.807) is 46.6 Å². The number of amides is 2. The van der Waals surface area contributed by atoms with Gasteiger partial charge >= 0.3 is 12.0 Å². The zero-order chi connectivity index (χ0) is 23.4. The van der Waals surface area contributed by atoms with Crippen LogP contribution in [0.1, 0.15) is 15.9 Å². The van der Waals surface area contributed by atoms with Gasteiger partial charge in [-0.1, -0.05) is 24.3 Å². The van der Waals surface area contributed by atoms with Gasteiger partial charge in [0.1, 0.15) is 0 Å². The molecular weight excluding hydrogens is 444 g/mol. The summed E-state index contributed by atoms with van der Waals surface area (Å²) < 4.78 is 33.6. The molecule has 0 bridgehead atoms. The molecule has 172 valence electrons. The molecule has 1 saturated heterocycles. The summed E-state index contributed by atoms with van der Waals surface area (Å²) in [5, 5.41) is 0. The summed E-state index contributed by atoms with van der Waals surface area (Å²) in [6.07, 6.45) is 3.22. The molecule has 0 atom stereocenters. The van der Waals surface area contributed by atoms with Crippen molar-refractivity contribution in [1.29, 1.82) is 0 Å². The van der Waals surface area contributed by atoms with Crippen LogP contribution in [0.5, 0.6) is 0 Å². The first-order valence-electron chi connectivity index (χ1n) is 10.4. The first-order valence-corrected chi connectivity index (χ1v) is 12.3. The fraction of sp³-hybridized carbons (Fsp3) is 0.250. The molecule has 9 heteroatoms. The van der Waals surface area contributed by atoms with Crippen LogP contribution < -0.4 is 4.90 Å². The largest absolute Gasteiger partial charge is 0.472 e. The van der Waals surface area contributed by atoms with Gasteiger partial charge in [-0.15, -0.1) is 0 Å². The minimum absolute atomic E-state index is 0.0462. The van der Waals surface area contributed by atoms with Gasteiger partial charge in [-0.3, -0.25) is 4.90 Å². The highest BCUT2D eigenvalue weighted by molar-refractivity contribution is 7.91. The van der Waals surface area contributed by atoms with E-state index in [4.69, 9.17) is 9.15 Å². The average Bonchev–Trinajstić information content (AvgIpc) is 3.37. The van der Waals surface area contributed by atoms with Crippen molar-refractivity contribution in [2.24, 2.45) is 0 Å². The molecule has 0 unspecified atom stereocenters. The minimum atomic E-state index is -3.12. The smallest absolute Gasteiger partial charge is 0.337 e. The van der Waals surface area contributed by atoms with Gasteiger partial charge in [0.15, 0.2) is 9.84 Å². The molecule has 1 aromatic heterocycles. The first-order chi connectivity index (χ1) is 15.9. The second kappa shape index (κ2) is 9.50. The Balaban J connectivity index is 1.64. The monoisotopic (exact) mass is 468 g/mol. The molecule has 2 heterocycles. The maximum absolute atomic E-state index is 13.5. The predicted octanol–water partition coefficient (Wildman–Crippen LogP) is 3.59. The lowest BCUT2D eigenvalue weighted by molar-refractivity contribution is 0.0600. The molecule has 2 aromatic carbocycles. The molecule has 0 radical (unpaired) electrons. The van der Waals surface area contributed by atoms with Crippen LogP contribution in [0.25, 0.3) is 11.1 Å². The number of esters is 1. The van der Waals surface area contributed by atoms with Gasteiger partial charge in [0.05, 0.1) is 43.3 Å². The van der Waals surface area contributed by atoms with Crippen molar-refractivity contribution in [1.82, 2.24) is 4.90 Å². The second-order valence-corrected chi connectivity index (χ2v) is 10.1. The van der Waals surface area contributed by atoms with Crippen LogP contribution in [0.3, 0.4) is 0 Å². The fourth-order valence-electron chi connectivity index (χ4n) is 3.67. The summed E-state index contributed by atoms with van der Waals surface area (Å²) >= 11 is 0. The molecule has 2 amide bonds. The summed E-state index contributed by atoms with van der Waals surface area (Å²) in [6, 6.07) is 15.9. The van der Waals surface area contributed by atoms with Crippen LogP contribution in [0.4, 0.5) is 10.5 Å². The Morgan fingerprint density at radius 1 is 1.03 bits per heavy atom. The summed E-state index contributed by atoms with van der Waals surface area (Å²) in [7, 11) is -1.79. The van der Waals surface area contributed by atoms with Crippen molar-refractivity contribution < 1.29 is 27.2 Å². The van der Waals surface area contributed by atoms with Crippen LogP contribution in [0.2, 0.25) is 0 Å². The molecule has 1 aliphatic rings. The van der Waals surface area contributed by atoms with Crippen molar-refractivity contribution in [3.8, 4) is 11.1 Å². The normalized spacial score (nSPS) is 15.1. The van der Waals surface area contributed by atoms with Gasteiger partial charge < -0.3 is 14.1 Å². The highest BCUT2D eigenvalue weighted by Crippen LogP contribution is 2.27. The number of hydrogen-bond acceptors (Lipinski definition) is 6. The lowest BCUT2D eigenvalue weighted by atomic mass is 10.1. The highest BCUT2D eigenvalue weighted by Gasteiger charge is 2.29. The Labute approximate surface area is 192 Å². The first kappa shape index (κ1) is 22.6. The number of sulfone groups is 1. The van der Waals surface area contributed by atoms with E-state index in [2.05, 4.69) is 0 Å². The Morgan fingerprint density at radius 2 is 1.76 bits per heavy atom. The molecule has 33 heavy (non-hydrogen) atoms. The summed E-state index contributed by atoms with van der Waals surface area (Å²) in [4.78, 5) is 28.4. The van der Waals surface area contributed by atoms with E-state index in [-0.39, 0.29) is 37.2 Å². The van der Waals surface area contributed by atoms with E-state index in [0.29, 0.717) is 11.3 Å². The number of methoxy groups -OCH3 is 1. The van der Waals surface area contributed by atoms with Gasteiger partial charge in [-0.05, 0) is 41.5 Å². The highest BCUT2D eigenvalue weighted by atomic mass is 32.2. The molecule has 3 aromatic rings. The molecule has 0 aliphatic carbocycles. The third-order valence-electron chi connectivity index (χ3n) is 5.57. The number of hydrogen-bond donors (Lipinski definition) is 0. The third kappa shape index (κ3) is 5.25. The van der Waals surface area contributed by atoms with E-state index < -0.39 is 15.8 Å². The Bertz CT molecular complexity index is 1220. The molecule has 1 aliphatic heterocycles. The van der Waals surface area contributed by atoms with Gasteiger partial charge in [0.2, 0.25) is 0 Å². The molecule has 0 spiro atoms. The number of carbonyl (C=O) groups excluding carboxylic acids is 2. The summed E-state index contributed by atoms with van der Waals surface area (Å²) in [5.41, 5.74) is 3.68. The predicted molar refractivity (Wildman–Crippen MR) is 124 cm³/mol. The van der Waals surface area contributed by atoms with Crippen LogP contribution in [0, 0.1) is 0 Å². The van der Waals surface area contributed by atoms with Gasteiger partial charge in [-0.2, -0.15) is 0 Å². The quantitative estimate of drug-likeness (QED) is 0.531. The number of ether oxygens (including phenoxy) is 1. The second-order valence-electron chi connectivity index (χ2n) is 7.76. The maximum Gasteiger partial charge on any atom is 0.337 e. The lowest BCUT2D eigenvalue weighted by Gasteiger charge is -2.33. The van der Waals surface area contributed by atoms with Crippen molar-refractivity contribution >= 4 is 27.5 Å². The van der Waals surface area contributed by atoms with Crippen LogP contribution in [-0.2, 0) is 21.1 Å². The molecule has 8 nitrogen and oxygen atoms in total. The van der Waals surface area contributed by atoms with Crippen LogP contribution in [-0.4, -0.2) is 57.0 Å². The van der Waals surface area contributed by atoms with E-state index in [9.17, 15) is 18.0 Å². The van der Waals surface area contributed by atoms with E-state index in [1.165, 1.54) is 7.11 Å². The molecule has 4 rings (SSSR count). The van der Waals surface area contributed by atoms with Crippen molar-refractivity contribution in [2.45, 2.75) is 6.54 Å².